The third-order valence-electron chi connectivity index (χ3n) is 3.42. The smallest absolute Gasteiger partial charge is 0.0332 e. The molecule has 1 atom stereocenters. The molecule has 1 unspecified atom stereocenters. The van der Waals surface area contributed by atoms with Gasteiger partial charge in [0.1, 0.15) is 0 Å². The normalized spacial score (nSPS) is 12.4. The van der Waals surface area contributed by atoms with E-state index in [1.807, 2.05) is 19.2 Å². The first-order chi connectivity index (χ1) is 9.22. The van der Waals surface area contributed by atoms with Crippen molar-refractivity contribution in [3.8, 4) is 0 Å². The highest BCUT2D eigenvalue weighted by Gasteiger charge is 2.12. The molecule has 1 aromatic rings. The fraction of sp³-hybridized carbons (Fsp3) is 0.412. The Hall–Kier alpha value is -1.38. The molecule has 2 heteroatoms. The van der Waals surface area contributed by atoms with Crippen LogP contribution >= 0.6 is 0 Å². The van der Waals surface area contributed by atoms with E-state index in [1.165, 1.54) is 11.1 Å². The Morgan fingerprint density at radius 3 is 2.37 bits per heavy atom. The summed E-state index contributed by atoms with van der Waals surface area (Å²) in [7, 11) is 2.03. The number of hydrogen-bond acceptors (Lipinski definition) is 2. The summed E-state index contributed by atoms with van der Waals surface area (Å²) in [6.07, 6.45) is 4.99. The van der Waals surface area contributed by atoms with Crippen molar-refractivity contribution in [2.75, 3.05) is 26.7 Å². The topological polar surface area (TPSA) is 15.3 Å². The van der Waals surface area contributed by atoms with Gasteiger partial charge in [-0.2, -0.15) is 0 Å². The van der Waals surface area contributed by atoms with Gasteiger partial charge in [-0.15, -0.1) is 13.2 Å². The number of aryl methyl sites for hydroxylation is 1. The Labute approximate surface area is 117 Å². The van der Waals surface area contributed by atoms with E-state index in [0.717, 1.165) is 26.1 Å². The summed E-state index contributed by atoms with van der Waals surface area (Å²) in [6.45, 7) is 12.7. The summed E-state index contributed by atoms with van der Waals surface area (Å²) in [6, 6.07) is 8.98. The molecule has 0 bridgehead atoms. The Bertz CT molecular complexity index is 388. The predicted molar refractivity (Wildman–Crippen MR) is 84.4 cm³/mol. The SMILES string of the molecule is C=CCN(CC=C)CCC(NC)c1ccccc1C. The molecule has 0 amide bonds. The molecule has 104 valence electrons. The summed E-state index contributed by atoms with van der Waals surface area (Å²) < 4.78 is 0. The quantitative estimate of drug-likeness (QED) is 0.684. The minimum absolute atomic E-state index is 0.401. The lowest BCUT2D eigenvalue weighted by Crippen LogP contribution is -2.29. The van der Waals surface area contributed by atoms with Crippen LogP contribution in [-0.2, 0) is 0 Å². The van der Waals surface area contributed by atoms with Gasteiger partial charge in [-0.25, -0.2) is 0 Å². The maximum atomic E-state index is 3.81. The van der Waals surface area contributed by atoms with Crippen LogP contribution in [0.1, 0.15) is 23.6 Å². The van der Waals surface area contributed by atoms with E-state index in [-0.39, 0.29) is 0 Å². The molecule has 1 N–H and O–H groups in total. The average molecular weight is 258 g/mol. The van der Waals surface area contributed by atoms with Crippen molar-refractivity contribution in [3.63, 3.8) is 0 Å². The summed E-state index contributed by atoms with van der Waals surface area (Å²) in [5.74, 6) is 0. The van der Waals surface area contributed by atoms with E-state index in [4.69, 9.17) is 0 Å². The zero-order valence-corrected chi connectivity index (χ0v) is 12.2. The first kappa shape index (κ1) is 15.7. The van der Waals surface area contributed by atoms with Gasteiger partial charge in [0.2, 0.25) is 0 Å². The second kappa shape index (κ2) is 8.68. The number of hydrogen-bond donors (Lipinski definition) is 1. The molecule has 0 aliphatic carbocycles. The third kappa shape index (κ3) is 5.01. The van der Waals surface area contributed by atoms with Crippen LogP contribution in [-0.4, -0.2) is 31.6 Å². The van der Waals surface area contributed by atoms with Crippen molar-refractivity contribution in [2.45, 2.75) is 19.4 Å². The molecule has 1 aromatic carbocycles. The van der Waals surface area contributed by atoms with Gasteiger partial charge in [-0.3, -0.25) is 4.90 Å². The van der Waals surface area contributed by atoms with Gasteiger partial charge in [-0.1, -0.05) is 36.4 Å². The summed E-state index contributed by atoms with van der Waals surface area (Å²) in [5.41, 5.74) is 2.74. The van der Waals surface area contributed by atoms with Gasteiger partial charge >= 0.3 is 0 Å². The maximum Gasteiger partial charge on any atom is 0.0332 e. The van der Waals surface area contributed by atoms with E-state index in [9.17, 15) is 0 Å². The molecular weight excluding hydrogens is 232 g/mol. The fourth-order valence-electron chi connectivity index (χ4n) is 2.37. The number of benzene rings is 1. The molecule has 0 radical (unpaired) electrons. The molecular formula is C17H26N2. The van der Waals surface area contributed by atoms with Crippen LogP contribution in [0.5, 0.6) is 0 Å². The minimum atomic E-state index is 0.401. The van der Waals surface area contributed by atoms with E-state index in [2.05, 4.69) is 54.6 Å². The molecule has 0 aromatic heterocycles. The number of nitrogens with zero attached hydrogens (tertiary/aromatic N) is 1. The maximum absolute atomic E-state index is 3.81. The number of nitrogens with one attached hydrogen (secondary N) is 1. The van der Waals surface area contributed by atoms with Gasteiger partial charge in [0, 0.05) is 25.7 Å². The first-order valence-electron chi connectivity index (χ1n) is 6.89. The van der Waals surface area contributed by atoms with Gasteiger partial charge in [0.25, 0.3) is 0 Å². The van der Waals surface area contributed by atoms with Crippen molar-refractivity contribution in [1.82, 2.24) is 10.2 Å². The predicted octanol–water partition coefficient (Wildman–Crippen LogP) is 3.32. The average Bonchev–Trinajstić information content (AvgIpc) is 2.41. The number of rotatable bonds is 9. The van der Waals surface area contributed by atoms with Gasteiger partial charge in [0.05, 0.1) is 0 Å². The zero-order valence-electron chi connectivity index (χ0n) is 12.2. The molecule has 0 spiro atoms. The van der Waals surface area contributed by atoms with Crippen molar-refractivity contribution in [3.05, 3.63) is 60.7 Å². The van der Waals surface area contributed by atoms with E-state index >= 15 is 0 Å². The molecule has 0 saturated carbocycles. The fourth-order valence-corrected chi connectivity index (χ4v) is 2.37. The van der Waals surface area contributed by atoms with Crippen molar-refractivity contribution < 1.29 is 0 Å². The van der Waals surface area contributed by atoms with Crippen LogP contribution in [0.25, 0.3) is 0 Å². The summed E-state index contributed by atoms with van der Waals surface area (Å²) in [4.78, 5) is 2.35. The Morgan fingerprint density at radius 2 is 1.84 bits per heavy atom. The van der Waals surface area contributed by atoms with E-state index in [0.29, 0.717) is 6.04 Å². The molecule has 0 saturated heterocycles. The monoisotopic (exact) mass is 258 g/mol. The van der Waals surface area contributed by atoms with Crippen LogP contribution in [0.15, 0.2) is 49.6 Å². The minimum Gasteiger partial charge on any atom is -0.313 e. The molecule has 0 heterocycles. The molecule has 19 heavy (non-hydrogen) atoms. The molecule has 0 fully saturated rings. The zero-order chi connectivity index (χ0) is 14.1. The molecule has 0 aliphatic rings. The highest BCUT2D eigenvalue weighted by Crippen LogP contribution is 2.20. The highest BCUT2D eigenvalue weighted by molar-refractivity contribution is 5.28. The molecule has 2 nitrogen and oxygen atoms in total. The molecule has 1 rings (SSSR count). The second-order valence-electron chi connectivity index (χ2n) is 4.82. The third-order valence-corrected chi connectivity index (χ3v) is 3.42. The van der Waals surface area contributed by atoms with E-state index < -0.39 is 0 Å². The Morgan fingerprint density at radius 1 is 1.21 bits per heavy atom. The van der Waals surface area contributed by atoms with Crippen molar-refractivity contribution in [2.24, 2.45) is 0 Å². The van der Waals surface area contributed by atoms with Crippen molar-refractivity contribution in [1.29, 1.82) is 0 Å². The second-order valence-corrected chi connectivity index (χ2v) is 4.82. The lowest BCUT2D eigenvalue weighted by molar-refractivity contribution is 0.311. The van der Waals surface area contributed by atoms with Crippen LogP contribution in [0.4, 0.5) is 0 Å². The van der Waals surface area contributed by atoms with Gasteiger partial charge < -0.3 is 5.32 Å². The Balaban J connectivity index is 2.64. The summed E-state index contributed by atoms with van der Waals surface area (Å²) >= 11 is 0. The largest absolute Gasteiger partial charge is 0.313 e. The lowest BCUT2D eigenvalue weighted by atomic mass is 9.99. The summed E-state index contributed by atoms with van der Waals surface area (Å²) in [5, 5.41) is 3.42. The lowest BCUT2D eigenvalue weighted by Gasteiger charge is -2.24. The van der Waals surface area contributed by atoms with Crippen LogP contribution in [0.3, 0.4) is 0 Å². The van der Waals surface area contributed by atoms with Crippen LogP contribution < -0.4 is 5.32 Å². The first-order valence-corrected chi connectivity index (χ1v) is 6.89. The highest BCUT2D eigenvalue weighted by atomic mass is 15.1. The van der Waals surface area contributed by atoms with E-state index in [1.54, 1.807) is 0 Å². The van der Waals surface area contributed by atoms with Gasteiger partial charge in [-0.05, 0) is 31.5 Å². The van der Waals surface area contributed by atoms with Crippen LogP contribution in [0, 0.1) is 6.92 Å². The van der Waals surface area contributed by atoms with Crippen molar-refractivity contribution >= 4 is 0 Å². The van der Waals surface area contributed by atoms with Gasteiger partial charge in [0.15, 0.2) is 0 Å². The Kier molecular flexibility index (Phi) is 7.16. The van der Waals surface area contributed by atoms with Crippen LogP contribution in [0.2, 0.25) is 0 Å². The molecule has 0 aliphatic heterocycles. The standard InChI is InChI=1S/C17H26N2/c1-5-12-19(13-6-2)14-11-17(18-4)16-10-8-7-9-15(16)3/h5-10,17-18H,1-2,11-14H2,3-4H3.